The van der Waals surface area contributed by atoms with E-state index in [4.69, 9.17) is 0 Å². The zero-order valence-electron chi connectivity index (χ0n) is 13.6. The Balaban J connectivity index is 2.64. The van der Waals surface area contributed by atoms with Crippen LogP contribution in [-0.4, -0.2) is 31.9 Å². The van der Waals surface area contributed by atoms with Crippen LogP contribution < -0.4 is 10.0 Å². The van der Waals surface area contributed by atoms with Gasteiger partial charge in [0.15, 0.2) is 0 Å². The Morgan fingerprint density at radius 3 is 2.09 bits per heavy atom. The first-order chi connectivity index (χ1) is 10.1. The van der Waals surface area contributed by atoms with Crippen molar-refractivity contribution in [2.75, 3.05) is 6.26 Å². The Labute approximate surface area is 137 Å². The van der Waals surface area contributed by atoms with Crippen molar-refractivity contribution in [3.05, 3.63) is 29.8 Å². The molecule has 0 saturated heterocycles. The van der Waals surface area contributed by atoms with E-state index in [-0.39, 0.29) is 11.9 Å². The summed E-state index contributed by atoms with van der Waals surface area (Å²) in [7, 11) is -3.40. The molecule has 7 heteroatoms. The Hall–Kier alpha value is -1.05. The van der Waals surface area contributed by atoms with Gasteiger partial charge in [-0.15, -0.1) is 11.8 Å². The highest BCUT2D eigenvalue weighted by Gasteiger charge is 2.19. The van der Waals surface area contributed by atoms with Crippen LogP contribution in [-0.2, 0) is 14.8 Å². The Morgan fingerprint density at radius 2 is 1.64 bits per heavy atom. The second-order valence-electron chi connectivity index (χ2n) is 5.58. The van der Waals surface area contributed by atoms with Gasteiger partial charge < -0.3 is 5.32 Å². The zero-order chi connectivity index (χ0) is 16.9. The molecule has 0 heterocycles. The molecule has 5 nitrogen and oxygen atoms in total. The predicted molar refractivity (Wildman–Crippen MR) is 91.4 cm³/mol. The number of amides is 1. The van der Waals surface area contributed by atoms with E-state index in [1.54, 1.807) is 11.8 Å². The van der Waals surface area contributed by atoms with Crippen molar-refractivity contribution in [2.45, 2.75) is 49.9 Å². The summed E-state index contributed by atoms with van der Waals surface area (Å²) in [5, 5.41) is 3.33. The highest BCUT2D eigenvalue weighted by molar-refractivity contribution is 7.99. The molecule has 0 aliphatic rings. The topological polar surface area (TPSA) is 75.3 Å². The average Bonchev–Trinajstić information content (AvgIpc) is 2.36. The number of nitrogens with one attached hydrogen (secondary N) is 2. The molecule has 1 aromatic carbocycles. The first kappa shape index (κ1) is 19.0. The summed E-state index contributed by atoms with van der Waals surface area (Å²) in [6, 6.07) is 7.03. The maximum Gasteiger partial charge on any atom is 0.238 e. The number of hydrogen-bond donors (Lipinski definition) is 2. The summed E-state index contributed by atoms with van der Waals surface area (Å²) >= 11 is 1.78. The molecule has 2 N–H and O–H groups in total. The number of sulfonamides is 1. The molecular weight excluding hydrogens is 320 g/mol. The fraction of sp³-hybridized carbons (Fsp3) is 0.533. The minimum absolute atomic E-state index is 0.186. The minimum Gasteiger partial charge on any atom is -0.348 e. The van der Waals surface area contributed by atoms with Gasteiger partial charge in [0.05, 0.1) is 18.3 Å². The van der Waals surface area contributed by atoms with Crippen LogP contribution in [0, 0.1) is 0 Å². The van der Waals surface area contributed by atoms with E-state index < -0.39 is 16.1 Å². The molecule has 0 spiro atoms. The van der Waals surface area contributed by atoms with Gasteiger partial charge >= 0.3 is 0 Å². The van der Waals surface area contributed by atoms with Crippen molar-refractivity contribution in [2.24, 2.45) is 0 Å². The van der Waals surface area contributed by atoms with Crippen molar-refractivity contribution in [3.8, 4) is 0 Å². The minimum atomic E-state index is -3.40. The van der Waals surface area contributed by atoms with E-state index in [1.807, 2.05) is 31.2 Å². The summed E-state index contributed by atoms with van der Waals surface area (Å²) in [4.78, 5) is 13.2. The normalized spacial score (nSPS) is 14.6. The van der Waals surface area contributed by atoms with Crippen LogP contribution in [0.15, 0.2) is 29.2 Å². The van der Waals surface area contributed by atoms with Crippen molar-refractivity contribution >= 4 is 27.7 Å². The molecule has 1 amide bonds. The monoisotopic (exact) mass is 344 g/mol. The second kappa shape index (κ2) is 7.99. The van der Waals surface area contributed by atoms with Crippen LogP contribution in [0.5, 0.6) is 0 Å². The summed E-state index contributed by atoms with van der Waals surface area (Å²) < 4.78 is 24.5. The third kappa shape index (κ3) is 6.81. The molecule has 0 fully saturated rings. The van der Waals surface area contributed by atoms with Crippen LogP contribution in [0.3, 0.4) is 0 Å². The quantitative estimate of drug-likeness (QED) is 0.744. The molecule has 0 aliphatic heterocycles. The molecule has 0 aliphatic carbocycles. The van der Waals surface area contributed by atoms with Gasteiger partial charge in [0.25, 0.3) is 0 Å². The largest absolute Gasteiger partial charge is 0.348 e. The van der Waals surface area contributed by atoms with Crippen LogP contribution in [0.2, 0.25) is 0 Å². The fourth-order valence-corrected chi connectivity index (χ4v) is 3.49. The standard InChI is InChI=1S/C15H24N2O3S2/c1-10(2)21-14-8-6-13(7-9-14)11(3)16-15(18)12(4)17-22(5,19)20/h6-12,17H,1-5H3,(H,16,18)/t11-,12-/m1/s1. The van der Waals surface area contributed by atoms with Crippen LogP contribution >= 0.6 is 11.8 Å². The molecule has 1 rings (SSSR count). The lowest BCUT2D eigenvalue weighted by atomic mass is 10.1. The number of benzene rings is 1. The summed E-state index contributed by atoms with van der Waals surface area (Å²) in [6.07, 6.45) is 1.03. The number of carbonyl (C=O) groups is 1. The molecule has 0 aromatic heterocycles. The third-order valence-corrected chi connectivity index (χ3v) is 4.69. The molecule has 124 valence electrons. The first-order valence-corrected chi connectivity index (χ1v) is 9.90. The van der Waals surface area contributed by atoms with Gasteiger partial charge in [0.2, 0.25) is 15.9 Å². The van der Waals surface area contributed by atoms with Crippen LogP contribution in [0.1, 0.15) is 39.3 Å². The Kier molecular flexibility index (Phi) is 6.90. The van der Waals surface area contributed by atoms with Gasteiger partial charge in [-0.25, -0.2) is 13.1 Å². The van der Waals surface area contributed by atoms with E-state index in [2.05, 4.69) is 23.9 Å². The molecule has 22 heavy (non-hydrogen) atoms. The van der Waals surface area contributed by atoms with Gasteiger partial charge in [-0.05, 0) is 31.5 Å². The lowest BCUT2D eigenvalue weighted by molar-refractivity contribution is -0.123. The van der Waals surface area contributed by atoms with E-state index in [0.717, 1.165) is 11.8 Å². The Bertz CT molecular complexity index is 598. The molecule has 0 unspecified atom stereocenters. The first-order valence-electron chi connectivity index (χ1n) is 7.13. The van der Waals surface area contributed by atoms with Crippen LogP contribution in [0.4, 0.5) is 0 Å². The summed E-state index contributed by atoms with van der Waals surface area (Å²) in [5.41, 5.74) is 0.980. The van der Waals surface area contributed by atoms with Gasteiger partial charge in [0.1, 0.15) is 0 Å². The maximum atomic E-state index is 12.0. The van der Waals surface area contributed by atoms with Crippen molar-refractivity contribution in [1.82, 2.24) is 10.0 Å². The molecule has 0 radical (unpaired) electrons. The highest BCUT2D eigenvalue weighted by Crippen LogP contribution is 2.24. The average molecular weight is 345 g/mol. The number of rotatable bonds is 7. The molecule has 0 bridgehead atoms. The fourth-order valence-electron chi connectivity index (χ4n) is 1.90. The maximum absolute atomic E-state index is 12.0. The number of thioether (sulfide) groups is 1. The van der Waals surface area contributed by atoms with Crippen molar-refractivity contribution < 1.29 is 13.2 Å². The van der Waals surface area contributed by atoms with E-state index >= 15 is 0 Å². The highest BCUT2D eigenvalue weighted by atomic mass is 32.2. The smallest absolute Gasteiger partial charge is 0.238 e. The van der Waals surface area contributed by atoms with E-state index in [0.29, 0.717) is 5.25 Å². The SMILES string of the molecule is CC(C)Sc1ccc([C@@H](C)NC(=O)[C@@H](C)NS(C)(=O)=O)cc1. The van der Waals surface area contributed by atoms with Gasteiger partial charge in [-0.2, -0.15) is 0 Å². The molecule has 1 aromatic rings. The predicted octanol–water partition coefficient (Wildman–Crippen LogP) is 2.30. The van der Waals surface area contributed by atoms with Crippen LogP contribution in [0.25, 0.3) is 0 Å². The van der Waals surface area contributed by atoms with E-state index in [9.17, 15) is 13.2 Å². The summed E-state index contributed by atoms with van der Waals surface area (Å²) in [5.74, 6) is -0.349. The lowest BCUT2D eigenvalue weighted by Crippen LogP contribution is -2.45. The molecule has 0 saturated carbocycles. The number of hydrogen-bond acceptors (Lipinski definition) is 4. The van der Waals surface area contributed by atoms with Gasteiger partial charge in [0, 0.05) is 10.1 Å². The Morgan fingerprint density at radius 1 is 1.09 bits per heavy atom. The molecule has 2 atom stereocenters. The van der Waals surface area contributed by atoms with Crippen molar-refractivity contribution in [3.63, 3.8) is 0 Å². The third-order valence-electron chi connectivity index (χ3n) is 2.89. The second-order valence-corrected chi connectivity index (χ2v) is 9.01. The molecular formula is C15H24N2O3S2. The van der Waals surface area contributed by atoms with E-state index in [1.165, 1.54) is 11.8 Å². The number of carbonyl (C=O) groups excluding carboxylic acids is 1. The van der Waals surface area contributed by atoms with Gasteiger partial charge in [-0.3, -0.25) is 4.79 Å². The van der Waals surface area contributed by atoms with Crippen molar-refractivity contribution in [1.29, 1.82) is 0 Å². The summed E-state index contributed by atoms with van der Waals surface area (Å²) in [6.45, 7) is 7.66. The zero-order valence-corrected chi connectivity index (χ0v) is 15.2. The lowest BCUT2D eigenvalue weighted by Gasteiger charge is -2.18. The van der Waals surface area contributed by atoms with Gasteiger partial charge in [-0.1, -0.05) is 26.0 Å².